The number of hydrogen-bond acceptors (Lipinski definition) is 5. The summed E-state index contributed by atoms with van der Waals surface area (Å²) in [6.45, 7) is 0.549. The highest BCUT2D eigenvalue weighted by Gasteiger charge is 1.96. The summed E-state index contributed by atoms with van der Waals surface area (Å²) in [5.41, 5.74) is 1.24. The zero-order valence-corrected chi connectivity index (χ0v) is 7.81. The summed E-state index contributed by atoms with van der Waals surface area (Å²) in [6, 6.07) is 5.41. The van der Waals surface area contributed by atoms with Gasteiger partial charge in [-0.15, -0.1) is 0 Å². The minimum atomic E-state index is 0.403. The van der Waals surface area contributed by atoms with E-state index in [2.05, 4.69) is 25.5 Å². The fourth-order valence-corrected chi connectivity index (χ4v) is 1.07. The summed E-state index contributed by atoms with van der Waals surface area (Å²) in [7, 11) is 0. The highest BCUT2D eigenvalue weighted by Crippen LogP contribution is 2.06. The fourth-order valence-electron chi connectivity index (χ4n) is 1.07. The second-order valence-electron chi connectivity index (χ2n) is 2.83. The summed E-state index contributed by atoms with van der Waals surface area (Å²) in [4.78, 5) is 7.89. The van der Waals surface area contributed by atoms with Gasteiger partial charge in [0.25, 0.3) is 0 Å². The Hall–Kier alpha value is -2.42. The number of H-pyrrole nitrogens is 1. The van der Waals surface area contributed by atoms with Crippen molar-refractivity contribution < 1.29 is 0 Å². The van der Waals surface area contributed by atoms with Crippen molar-refractivity contribution in [1.29, 1.82) is 5.26 Å². The molecule has 0 aliphatic rings. The molecule has 2 aromatic rings. The van der Waals surface area contributed by atoms with Crippen LogP contribution < -0.4 is 5.32 Å². The van der Waals surface area contributed by atoms with Crippen molar-refractivity contribution in [2.45, 2.75) is 6.54 Å². The van der Waals surface area contributed by atoms with Crippen LogP contribution in [-0.4, -0.2) is 20.2 Å². The van der Waals surface area contributed by atoms with Crippen molar-refractivity contribution in [3.05, 3.63) is 36.2 Å². The third kappa shape index (κ3) is 2.28. The van der Waals surface area contributed by atoms with E-state index in [-0.39, 0.29) is 0 Å². The van der Waals surface area contributed by atoms with E-state index in [1.807, 2.05) is 6.07 Å². The Morgan fingerprint density at radius 3 is 2.93 bits per heavy atom. The maximum absolute atomic E-state index is 8.55. The number of nitriles is 1. The van der Waals surface area contributed by atoms with Gasteiger partial charge in [-0.05, 0) is 12.1 Å². The SMILES string of the molecule is N#Cc1ccc(NCc2ncn[nH]2)cn1. The molecule has 2 N–H and O–H groups in total. The second kappa shape index (κ2) is 4.19. The van der Waals surface area contributed by atoms with Crippen molar-refractivity contribution in [2.24, 2.45) is 0 Å². The summed E-state index contributed by atoms with van der Waals surface area (Å²) >= 11 is 0. The molecule has 74 valence electrons. The minimum Gasteiger partial charge on any atom is -0.377 e. The third-order valence-corrected chi connectivity index (χ3v) is 1.80. The van der Waals surface area contributed by atoms with Gasteiger partial charge < -0.3 is 5.32 Å². The molecule has 0 amide bonds. The first-order chi connectivity index (χ1) is 7.38. The highest BCUT2D eigenvalue weighted by molar-refractivity contribution is 5.42. The molecule has 0 saturated heterocycles. The van der Waals surface area contributed by atoms with Crippen LogP contribution in [-0.2, 0) is 6.54 Å². The third-order valence-electron chi connectivity index (χ3n) is 1.80. The van der Waals surface area contributed by atoms with Crippen LogP contribution in [0.1, 0.15) is 11.5 Å². The zero-order valence-electron chi connectivity index (χ0n) is 7.81. The maximum atomic E-state index is 8.55. The Morgan fingerprint density at radius 1 is 1.40 bits per heavy atom. The number of anilines is 1. The van der Waals surface area contributed by atoms with Gasteiger partial charge in [0.1, 0.15) is 23.9 Å². The topological polar surface area (TPSA) is 90.3 Å². The number of hydrogen-bond donors (Lipinski definition) is 2. The predicted octanol–water partition coefficient (Wildman–Crippen LogP) is 0.683. The lowest BCUT2D eigenvalue weighted by Gasteiger charge is -2.02. The first-order valence-electron chi connectivity index (χ1n) is 4.33. The smallest absolute Gasteiger partial charge is 0.143 e. The molecule has 0 radical (unpaired) electrons. The number of nitrogens with zero attached hydrogens (tertiary/aromatic N) is 4. The van der Waals surface area contributed by atoms with E-state index in [1.54, 1.807) is 18.3 Å². The van der Waals surface area contributed by atoms with Crippen LogP contribution in [0, 0.1) is 11.3 Å². The van der Waals surface area contributed by atoms with Crippen LogP contribution in [0.25, 0.3) is 0 Å². The molecular weight excluding hydrogens is 192 g/mol. The molecule has 2 rings (SSSR count). The van der Waals surface area contributed by atoms with Gasteiger partial charge in [-0.3, -0.25) is 5.10 Å². The van der Waals surface area contributed by atoms with E-state index in [0.717, 1.165) is 11.5 Å². The summed E-state index contributed by atoms with van der Waals surface area (Å²) in [6.07, 6.45) is 3.06. The van der Waals surface area contributed by atoms with Crippen LogP contribution in [0.3, 0.4) is 0 Å². The molecule has 0 fully saturated rings. The van der Waals surface area contributed by atoms with Crippen LogP contribution >= 0.6 is 0 Å². The van der Waals surface area contributed by atoms with Crippen LogP contribution in [0.2, 0.25) is 0 Å². The summed E-state index contributed by atoms with van der Waals surface area (Å²) in [5.74, 6) is 0.749. The van der Waals surface area contributed by atoms with Crippen molar-refractivity contribution in [3.63, 3.8) is 0 Å². The molecule has 0 atom stereocenters. The van der Waals surface area contributed by atoms with E-state index in [4.69, 9.17) is 5.26 Å². The Balaban J connectivity index is 1.97. The van der Waals surface area contributed by atoms with Crippen LogP contribution in [0.15, 0.2) is 24.7 Å². The predicted molar refractivity (Wildman–Crippen MR) is 52.7 cm³/mol. The van der Waals surface area contributed by atoms with Gasteiger partial charge in [0.2, 0.25) is 0 Å². The number of nitrogens with one attached hydrogen (secondary N) is 2. The molecule has 0 spiro atoms. The Kier molecular flexibility index (Phi) is 2.56. The van der Waals surface area contributed by atoms with E-state index < -0.39 is 0 Å². The van der Waals surface area contributed by atoms with Gasteiger partial charge >= 0.3 is 0 Å². The normalized spacial score (nSPS) is 9.53. The monoisotopic (exact) mass is 200 g/mol. The molecule has 0 saturated carbocycles. The average molecular weight is 200 g/mol. The quantitative estimate of drug-likeness (QED) is 0.760. The van der Waals surface area contributed by atoms with Gasteiger partial charge in [0.05, 0.1) is 18.4 Å². The molecule has 0 aromatic carbocycles. The Bertz CT molecular complexity index is 452. The van der Waals surface area contributed by atoms with Gasteiger partial charge in [-0.2, -0.15) is 10.4 Å². The van der Waals surface area contributed by atoms with Crippen LogP contribution in [0.5, 0.6) is 0 Å². The molecule has 2 aromatic heterocycles. The van der Waals surface area contributed by atoms with E-state index in [0.29, 0.717) is 12.2 Å². The van der Waals surface area contributed by atoms with E-state index in [1.165, 1.54) is 6.33 Å². The molecule has 0 unspecified atom stereocenters. The standard InChI is InChI=1S/C9H8N6/c10-3-7-1-2-8(4-11-7)12-5-9-13-6-14-15-9/h1-2,4,6,12H,5H2,(H,13,14,15). The summed E-state index contributed by atoms with van der Waals surface area (Å²) in [5, 5.41) is 18.1. The van der Waals surface area contributed by atoms with Gasteiger partial charge in [0, 0.05) is 0 Å². The first kappa shape index (κ1) is 9.15. The zero-order chi connectivity index (χ0) is 10.5. The lowest BCUT2D eigenvalue weighted by Crippen LogP contribution is -2.01. The number of pyridine rings is 1. The Morgan fingerprint density at radius 2 is 2.33 bits per heavy atom. The molecule has 0 bridgehead atoms. The van der Waals surface area contributed by atoms with E-state index in [9.17, 15) is 0 Å². The fraction of sp³-hybridized carbons (Fsp3) is 0.111. The molecular formula is C9H8N6. The maximum Gasteiger partial charge on any atom is 0.143 e. The average Bonchev–Trinajstić information content (AvgIpc) is 2.80. The number of aromatic amines is 1. The molecule has 0 aliphatic heterocycles. The molecule has 6 nitrogen and oxygen atoms in total. The molecule has 15 heavy (non-hydrogen) atoms. The highest BCUT2D eigenvalue weighted by atomic mass is 15.2. The number of aromatic nitrogens is 4. The lowest BCUT2D eigenvalue weighted by molar-refractivity contribution is 0.953. The van der Waals surface area contributed by atoms with Gasteiger partial charge in [-0.25, -0.2) is 9.97 Å². The molecule has 6 heteroatoms. The van der Waals surface area contributed by atoms with Crippen molar-refractivity contribution in [3.8, 4) is 6.07 Å². The van der Waals surface area contributed by atoms with Crippen molar-refractivity contribution in [1.82, 2.24) is 20.2 Å². The largest absolute Gasteiger partial charge is 0.377 e. The minimum absolute atomic E-state index is 0.403. The molecule has 0 aliphatic carbocycles. The second-order valence-corrected chi connectivity index (χ2v) is 2.83. The van der Waals surface area contributed by atoms with Crippen molar-refractivity contribution in [2.75, 3.05) is 5.32 Å². The van der Waals surface area contributed by atoms with Crippen molar-refractivity contribution >= 4 is 5.69 Å². The first-order valence-corrected chi connectivity index (χ1v) is 4.33. The van der Waals surface area contributed by atoms with Crippen LogP contribution in [0.4, 0.5) is 5.69 Å². The lowest BCUT2D eigenvalue weighted by atomic mass is 10.3. The number of rotatable bonds is 3. The summed E-state index contributed by atoms with van der Waals surface area (Å²) < 4.78 is 0. The van der Waals surface area contributed by atoms with E-state index >= 15 is 0 Å². The van der Waals surface area contributed by atoms with Gasteiger partial charge in [0.15, 0.2) is 0 Å². The Labute approximate surface area is 86.0 Å². The molecule has 2 heterocycles. The van der Waals surface area contributed by atoms with Gasteiger partial charge in [-0.1, -0.05) is 0 Å².